The zero-order valence-electron chi connectivity index (χ0n) is 22.2. The third-order valence-electron chi connectivity index (χ3n) is 6.13. The summed E-state index contributed by atoms with van der Waals surface area (Å²) in [5.41, 5.74) is 3.74. The van der Waals surface area contributed by atoms with Crippen LogP contribution in [0, 0.1) is 0 Å². The number of amides is 2. The SMILES string of the molecule is COC(=O)N(CC(=O)Nc1ccc(-c2ccnc(Nc3ccc(N4CCOCC4)cc3)n2)cc1)C(C)(C)C. The normalized spacial score (nSPS) is 13.5. The monoisotopic (exact) mass is 518 g/mol. The van der Waals surface area contributed by atoms with Gasteiger partial charge in [-0.15, -0.1) is 0 Å². The molecule has 1 aliphatic heterocycles. The van der Waals surface area contributed by atoms with Gasteiger partial charge in [0.2, 0.25) is 11.9 Å². The molecule has 0 bridgehead atoms. The first-order valence-electron chi connectivity index (χ1n) is 12.5. The van der Waals surface area contributed by atoms with E-state index in [-0.39, 0.29) is 12.5 Å². The zero-order chi connectivity index (χ0) is 27.1. The van der Waals surface area contributed by atoms with E-state index in [9.17, 15) is 9.59 Å². The standard InChI is InChI=1S/C28H34N6O4/c1-28(2,3)34(27(36)37-4)19-25(35)30-21-7-5-20(6-8-21)24-13-14-29-26(32-24)31-22-9-11-23(12-10-22)33-15-17-38-18-16-33/h5-14H,15-19H2,1-4H3,(H,30,35)(H,29,31,32). The highest BCUT2D eigenvalue weighted by Gasteiger charge is 2.29. The van der Waals surface area contributed by atoms with Gasteiger partial charge in [-0.1, -0.05) is 12.1 Å². The lowest BCUT2D eigenvalue weighted by Crippen LogP contribution is -2.49. The molecule has 2 aromatic carbocycles. The number of anilines is 4. The molecule has 0 spiro atoms. The number of methoxy groups -OCH3 is 1. The topological polar surface area (TPSA) is 109 Å². The van der Waals surface area contributed by atoms with Crippen molar-refractivity contribution in [2.24, 2.45) is 0 Å². The van der Waals surface area contributed by atoms with Crippen molar-refractivity contribution in [2.75, 3.05) is 55.5 Å². The summed E-state index contributed by atoms with van der Waals surface area (Å²) in [6.45, 7) is 8.70. The first kappa shape index (κ1) is 26.9. The lowest BCUT2D eigenvalue weighted by Gasteiger charge is -2.33. The van der Waals surface area contributed by atoms with E-state index in [0.29, 0.717) is 11.6 Å². The van der Waals surface area contributed by atoms with Crippen molar-refractivity contribution in [3.8, 4) is 11.3 Å². The second-order valence-corrected chi connectivity index (χ2v) is 9.89. The summed E-state index contributed by atoms with van der Waals surface area (Å²) in [6, 6.07) is 17.4. The van der Waals surface area contributed by atoms with Gasteiger partial charge in [0, 0.05) is 47.5 Å². The van der Waals surface area contributed by atoms with Gasteiger partial charge in [-0.05, 0) is 63.2 Å². The Hall–Kier alpha value is -4.18. The summed E-state index contributed by atoms with van der Waals surface area (Å²) >= 11 is 0. The maximum absolute atomic E-state index is 12.6. The molecule has 0 aliphatic carbocycles. The van der Waals surface area contributed by atoms with Crippen LogP contribution < -0.4 is 15.5 Å². The number of morpholine rings is 1. The average molecular weight is 519 g/mol. The van der Waals surface area contributed by atoms with Gasteiger partial charge in [0.15, 0.2) is 0 Å². The minimum atomic E-state index is -0.558. The molecule has 1 saturated heterocycles. The van der Waals surface area contributed by atoms with Crippen molar-refractivity contribution in [1.29, 1.82) is 0 Å². The van der Waals surface area contributed by atoms with Gasteiger partial charge < -0.3 is 25.0 Å². The first-order valence-corrected chi connectivity index (χ1v) is 12.5. The van der Waals surface area contributed by atoms with Crippen LogP contribution in [-0.4, -0.2) is 72.4 Å². The van der Waals surface area contributed by atoms with Crippen molar-refractivity contribution in [3.63, 3.8) is 0 Å². The molecule has 0 atom stereocenters. The fourth-order valence-electron chi connectivity index (χ4n) is 4.04. The van der Waals surface area contributed by atoms with Gasteiger partial charge in [0.25, 0.3) is 0 Å². The van der Waals surface area contributed by atoms with Crippen LogP contribution in [0.15, 0.2) is 60.8 Å². The second-order valence-electron chi connectivity index (χ2n) is 9.89. The highest BCUT2D eigenvalue weighted by Crippen LogP contribution is 2.24. The number of hydrogen-bond acceptors (Lipinski definition) is 8. The molecule has 3 aromatic rings. The Bertz CT molecular complexity index is 1240. The lowest BCUT2D eigenvalue weighted by molar-refractivity contribution is -0.118. The summed E-state index contributed by atoms with van der Waals surface area (Å²) in [4.78, 5) is 37.3. The number of nitrogens with zero attached hydrogens (tertiary/aromatic N) is 4. The van der Waals surface area contributed by atoms with E-state index < -0.39 is 11.6 Å². The van der Waals surface area contributed by atoms with Crippen molar-refractivity contribution >= 4 is 35.0 Å². The number of aromatic nitrogens is 2. The summed E-state index contributed by atoms with van der Waals surface area (Å²) in [5.74, 6) is 0.176. The highest BCUT2D eigenvalue weighted by atomic mass is 16.5. The van der Waals surface area contributed by atoms with Crippen molar-refractivity contribution in [2.45, 2.75) is 26.3 Å². The van der Waals surface area contributed by atoms with E-state index in [1.54, 1.807) is 18.3 Å². The molecule has 10 nitrogen and oxygen atoms in total. The molecule has 38 heavy (non-hydrogen) atoms. The van der Waals surface area contributed by atoms with Crippen LogP contribution in [0.5, 0.6) is 0 Å². The molecule has 1 aromatic heterocycles. The van der Waals surface area contributed by atoms with Crippen LogP contribution in [0.1, 0.15) is 20.8 Å². The van der Waals surface area contributed by atoms with Crippen molar-refractivity contribution in [3.05, 3.63) is 60.8 Å². The van der Waals surface area contributed by atoms with Gasteiger partial charge in [0.05, 0.1) is 26.0 Å². The smallest absolute Gasteiger partial charge is 0.410 e. The summed E-state index contributed by atoms with van der Waals surface area (Å²) in [6.07, 6.45) is 1.15. The van der Waals surface area contributed by atoms with E-state index in [1.807, 2.05) is 51.1 Å². The number of nitrogens with one attached hydrogen (secondary N) is 2. The minimum absolute atomic E-state index is 0.119. The number of carbonyl (C=O) groups is 2. The Morgan fingerprint density at radius 2 is 1.66 bits per heavy atom. The van der Waals surface area contributed by atoms with Gasteiger partial charge in [-0.2, -0.15) is 0 Å². The first-order chi connectivity index (χ1) is 18.2. The molecule has 2 heterocycles. The van der Waals surface area contributed by atoms with Gasteiger partial charge >= 0.3 is 6.09 Å². The fraction of sp³-hybridized carbons (Fsp3) is 0.357. The molecule has 0 unspecified atom stereocenters. The fourth-order valence-corrected chi connectivity index (χ4v) is 4.04. The van der Waals surface area contributed by atoms with Gasteiger partial charge in [-0.3, -0.25) is 9.69 Å². The van der Waals surface area contributed by atoms with Crippen LogP contribution in [0.4, 0.5) is 27.8 Å². The molecule has 2 amide bonds. The summed E-state index contributed by atoms with van der Waals surface area (Å²) in [5, 5.41) is 6.09. The highest BCUT2D eigenvalue weighted by molar-refractivity contribution is 5.94. The van der Waals surface area contributed by atoms with E-state index >= 15 is 0 Å². The lowest BCUT2D eigenvalue weighted by atomic mass is 10.1. The maximum Gasteiger partial charge on any atom is 0.410 e. The number of ether oxygens (including phenoxy) is 2. The molecule has 0 saturated carbocycles. The molecule has 10 heteroatoms. The summed E-state index contributed by atoms with van der Waals surface area (Å²) < 4.78 is 10.2. The molecule has 1 aliphatic rings. The van der Waals surface area contributed by atoms with Crippen LogP contribution in [-0.2, 0) is 14.3 Å². The number of hydrogen-bond donors (Lipinski definition) is 2. The number of rotatable bonds is 7. The van der Waals surface area contributed by atoms with E-state index in [1.165, 1.54) is 12.0 Å². The van der Waals surface area contributed by atoms with Crippen LogP contribution >= 0.6 is 0 Å². The molecule has 200 valence electrons. The summed E-state index contributed by atoms with van der Waals surface area (Å²) in [7, 11) is 1.30. The molecule has 1 fully saturated rings. The zero-order valence-corrected chi connectivity index (χ0v) is 22.2. The molecular formula is C28H34N6O4. The van der Waals surface area contributed by atoms with Crippen LogP contribution in [0.2, 0.25) is 0 Å². The second kappa shape index (κ2) is 11.9. The Kier molecular flexibility index (Phi) is 8.42. The van der Waals surface area contributed by atoms with Crippen LogP contribution in [0.3, 0.4) is 0 Å². The van der Waals surface area contributed by atoms with E-state index in [4.69, 9.17) is 9.47 Å². The van der Waals surface area contributed by atoms with Crippen molar-refractivity contribution < 1.29 is 19.1 Å². The maximum atomic E-state index is 12.6. The predicted molar refractivity (Wildman–Crippen MR) is 148 cm³/mol. The molecule has 2 N–H and O–H groups in total. The molecule has 4 rings (SSSR count). The average Bonchev–Trinajstić information content (AvgIpc) is 2.92. The molecular weight excluding hydrogens is 484 g/mol. The Morgan fingerprint density at radius 3 is 2.29 bits per heavy atom. The Balaban J connectivity index is 1.38. The Labute approximate surface area is 223 Å². The third kappa shape index (κ3) is 6.98. The quantitative estimate of drug-likeness (QED) is 0.470. The van der Waals surface area contributed by atoms with E-state index in [0.717, 1.165) is 48.9 Å². The third-order valence-corrected chi connectivity index (χ3v) is 6.13. The van der Waals surface area contributed by atoms with Gasteiger partial charge in [-0.25, -0.2) is 14.8 Å². The van der Waals surface area contributed by atoms with Crippen molar-refractivity contribution in [1.82, 2.24) is 14.9 Å². The van der Waals surface area contributed by atoms with E-state index in [2.05, 4.69) is 37.6 Å². The molecule has 0 radical (unpaired) electrons. The Morgan fingerprint density at radius 1 is 1.00 bits per heavy atom. The number of benzene rings is 2. The largest absolute Gasteiger partial charge is 0.453 e. The van der Waals surface area contributed by atoms with Gasteiger partial charge in [0.1, 0.15) is 6.54 Å². The number of carbonyl (C=O) groups excluding carboxylic acids is 2. The predicted octanol–water partition coefficient (Wildman–Crippen LogP) is 4.53. The van der Waals surface area contributed by atoms with Crippen LogP contribution in [0.25, 0.3) is 11.3 Å². The minimum Gasteiger partial charge on any atom is -0.453 e.